The molecule has 4 aliphatic rings. The van der Waals surface area contributed by atoms with Crippen LogP contribution in [0.3, 0.4) is 0 Å². The number of ether oxygens (including phenoxy) is 5. The zero-order chi connectivity index (χ0) is 44.2. The smallest absolute Gasteiger partial charge is 0.338 e. The maximum atomic E-state index is 15.4. The topological polar surface area (TPSA) is 234 Å². The Morgan fingerprint density at radius 1 is 0.869 bits per heavy atom. The number of ketones is 1. The lowest BCUT2D eigenvalue weighted by molar-refractivity contribution is -0.346. The summed E-state index contributed by atoms with van der Waals surface area (Å²) in [5.41, 5.74) is -7.50. The van der Waals surface area contributed by atoms with Gasteiger partial charge in [0.1, 0.15) is 35.7 Å². The van der Waals surface area contributed by atoms with Crippen molar-refractivity contribution in [2.45, 2.75) is 108 Å². The van der Waals surface area contributed by atoms with Gasteiger partial charge in [0.05, 0.1) is 35.9 Å². The fourth-order valence-electron chi connectivity index (χ4n) is 9.95. The average Bonchev–Trinajstić information content (AvgIpc) is 3.76. The molecule has 3 fully saturated rings. The van der Waals surface area contributed by atoms with E-state index in [0.29, 0.717) is 0 Å². The molecule has 16 heteroatoms. The van der Waals surface area contributed by atoms with Gasteiger partial charge in [-0.25, -0.2) is 9.59 Å². The van der Waals surface area contributed by atoms with Crippen LogP contribution in [0.5, 0.6) is 0 Å². The Balaban J connectivity index is 1.38. The van der Waals surface area contributed by atoms with Gasteiger partial charge >= 0.3 is 23.9 Å². The Labute approximate surface area is 351 Å². The lowest BCUT2D eigenvalue weighted by Gasteiger charge is -2.67. The number of aliphatic hydroxyl groups excluding tert-OH is 2. The van der Waals surface area contributed by atoms with E-state index in [-0.39, 0.29) is 41.1 Å². The summed E-state index contributed by atoms with van der Waals surface area (Å²) >= 11 is 0. The molecule has 2 bridgehead atoms. The highest BCUT2D eigenvalue weighted by molar-refractivity contribution is 5.96. The molecule has 1 aromatic heterocycles. The van der Waals surface area contributed by atoms with Gasteiger partial charge in [-0.05, 0) is 61.4 Å². The van der Waals surface area contributed by atoms with Crippen LogP contribution in [0.15, 0.2) is 94.6 Å². The number of Topliss-reactive ketones (excluding diaryl/α,β-unsaturated/α-hetero) is 1. The number of rotatable bonds is 10. The number of furan rings is 1. The fourth-order valence-corrected chi connectivity index (χ4v) is 9.95. The zero-order valence-corrected chi connectivity index (χ0v) is 34.5. The molecule has 4 N–H and O–H groups in total. The molecule has 1 aliphatic heterocycles. The van der Waals surface area contributed by atoms with Gasteiger partial charge in [0.15, 0.2) is 23.6 Å². The minimum Gasteiger partial charge on any atom is -0.467 e. The lowest BCUT2D eigenvalue weighted by Crippen LogP contribution is -2.82. The second kappa shape index (κ2) is 16.0. The van der Waals surface area contributed by atoms with Crippen molar-refractivity contribution < 1.29 is 72.2 Å². The summed E-state index contributed by atoms with van der Waals surface area (Å²) in [6.07, 6.45) is -9.38. The number of hydrogen-bond acceptors (Lipinski definition) is 15. The Kier molecular flexibility index (Phi) is 11.4. The minimum absolute atomic E-state index is 0.00830. The first kappa shape index (κ1) is 43.4. The van der Waals surface area contributed by atoms with Gasteiger partial charge in [-0.3, -0.25) is 19.2 Å². The first-order chi connectivity index (χ1) is 28.8. The highest BCUT2D eigenvalue weighted by Gasteiger charge is 2.78. The highest BCUT2D eigenvalue weighted by Crippen LogP contribution is 2.64. The van der Waals surface area contributed by atoms with Crippen LogP contribution in [0.1, 0.15) is 86.9 Å². The van der Waals surface area contributed by atoms with Crippen molar-refractivity contribution in [2.24, 2.45) is 16.7 Å². The molecule has 3 aromatic rings. The van der Waals surface area contributed by atoms with Crippen LogP contribution >= 0.6 is 0 Å². The SMILES string of the molecule is CC(=O)O[C@H]1C(=O)[C@@]2(C)C(C(OC(=O)c3ccccc3)[C@]3(O)C[C@H](OC(=O)[C@H](O)[C@H](NC(=O)c4ccccc4)c4ccco4)C(C)=C1C3(C)C)[C@]1(OC(C)=O)CO[C@@H]1C[C@@H]2O. The summed E-state index contributed by atoms with van der Waals surface area (Å²) in [7, 11) is 0. The van der Waals surface area contributed by atoms with Gasteiger partial charge in [-0.15, -0.1) is 0 Å². The maximum absolute atomic E-state index is 15.4. The molecule has 11 atom stereocenters. The predicted molar refractivity (Wildman–Crippen MR) is 210 cm³/mol. The Hall–Kier alpha value is -5.68. The maximum Gasteiger partial charge on any atom is 0.338 e. The number of esters is 4. The standard InChI is InChI=1S/C45H49NO15/c1-23-29(59-41(54)34(50)33(28-18-13-19-56-28)46-39(52)26-14-9-7-10-15-26)21-45(55)38(60-40(53)27-16-11-8-12-17-27)36-43(6,30(49)20-31-44(36,22-57-31)61-25(3)48)37(51)35(58-24(2)47)32(23)42(45,4)5/h7-19,29-31,33-36,38,49-50,55H,20-22H2,1-6H3,(H,46,52)/t29-,30-,31+,33+,34+,35+,36?,38?,43+,44-,45+/m0/s1. The van der Waals surface area contributed by atoms with Crippen LogP contribution in [0.2, 0.25) is 0 Å². The van der Waals surface area contributed by atoms with Crippen LogP contribution in [-0.2, 0) is 42.9 Å². The Bertz CT molecular complexity index is 2240. The van der Waals surface area contributed by atoms with Crippen molar-refractivity contribution in [2.75, 3.05) is 6.61 Å². The molecule has 2 unspecified atom stereocenters. The number of nitrogens with one attached hydrogen (secondary N) is 1. The van der Waals surface area contributed by atoms with Crippen molar-refractivity contribution in [3.63, 3.8) is 0 Å². The third-order valence-electron chi connectivity index (χ3n) is 13.2. The van der Waals surface area contributed by atoms with Crippen LogP contribution in [0.25, 0.3) is 0 Å². The first-order valence-corrected chi connectivity index (χ1v) is 20.0. The van der Waals surface area contributed by atoms with E-state index in [9.17, 15) is 39.3 Å². The van der Waals surface area contributed by atoms with E-state index in [4.69, 9.17) is 28.1 Å². The van der Waals surface area contributed by atoms with Gasteiger partial charge in [0, 0.05) is 37.7 Å². The van der Waals surface area contributed by atoms with Gasteiger partial charge < -0.3 is 48.7 Å². The molecule has 7 rings (SSSR count). The molecule has 16 nitrogen and oxygen atoms in total. The molecule has 1 amide bonds. The number of fused-ring (bicyclic) bond motifs is 5. The molecule has 0 radical (unpaired) electrons. The van der Waals surface area contributed by atoms with Crippen molar-refractivity contribution in [1.82, 2.24) is 5.32 Å². The third-order valence-corrected chi connectivity index (χ3v) is 13.2. The number of carbonyl (C=O) groups is 6. The van der Waals surface area contributed by atoms with Gasteiger partial charge in [-0.1, -0.05) is 50.2 Å². The van der Waals surface area contributed by atoms with Crippen molar-refractivity contribution in [3.8, 4) is 0 Å². The average molecular weight is 844 g/mol. The van der Waals surface area contributed by atoms with Crippen molar-refractivity contribution in [3.05, 3.63) is 107 Å². The summed E-state index contributed by atoms with van der Waals surface area (Å²) in [4.78, 5) is 83.1. The molecule has 0 spiro atoms. The van der Waals surface area contributed by atoms with Crippen LogP contribution in [0.4, 0.5) is 0 Å². The summed E-state index contributed by atoms with van der Waals surface area (Å²) in [5.74, 6) is -6.98. The number of hydrogen-bond donors (Lipinski definition) is 4. The summed E-state index contributed by atoms with van der Waals surface area (Å²) < 4.78 is 35.6. The van der Waals surface area contributed by atoms with E-state index in [0.717, 1.165) is 13.8 Å². The molecule has 2 aromatic carbocycles. The molecule has 3 aliphatic carbocycles. The van der Waals surface area contributed by atoms with Gasteiger partial charge in [-0.2, -0.15) is 0 Å². The second-order valence-corrected chi connectivity index (χ2v) is 17.0. The molecule has 2 saturated carbocycles. The van der Waals surface area contributed by atoms with E-state index < -0.39 is 113 Å². The third kappa shape index (κ3) is 7.14. The molecule has 324 valence electrons. The number of amides is 1. The first-order valence-electron chi connectivity index (χ1n) is 20.0. The van der Waals surface area contributed by atoms with Crippen LogP contribution in [0, 0.1) is 16.7 Å². The van der Waals surface area contributed by atoms with Crippen molar-refractivity contribution in [1.29, 1.82) is 0 Å². The molecular formula is C45H49NO15. The largest absolute Gasteiger partial charge is 0.467 e. The van der Waals surface area contributed by atoms with Gasteiger partial charge in [0.2, 0.25) is 0 Å². The molecule has 61 heavy (non-hydrogen) atoms. The number of carbonyl (C=O) groups excluding carboxylic acids is 6. The lowest BCUT2D eigenvalue weighted by atomic mass is 9.44. The normalized spacial score (nSPS) is 32.2. The zero-order valence-electron chi connectivity index (χ0n) is 34.5. The van der Waals surface area contributed by atoms with E-state index in [2.05, 4.69) is 5.32 Å². The van der Waals surface area contributed by atoms with Crippen molar-refractivity contribution >= 4 is 35.6 Å². The van der Waals surface area contributed by atoms with Crippen LogP contribution in [-0.4, -0.2) is 105 Å². The van der Waals surface area contributed by atoms with Gasteiger partial charge in [0.25, 0.3) is 5.91 Å². The van der Waals surface area contributed by atoms with Crippen LogP contribution < -0.4 is 5.32 Å². The highest BCUT2D eigenvalue weighted by atomic mass is 16.6. The fraction of sp³-hybridized carbons (Fsp3) is 0.467. The molecule has 1 saturated heterocycles. The van der Waals surface area contributed by atoms with E-state index in [1.165, 1.54) is 56.5 Å². The summed E-state index contributed by atoms with van der Waals surface area (Å²) in [6, 6.07) is 17.3. The second-order valence-electron chi connectivity index (χ2n) is 17.0. The quantitative estimate of drug-likeness (QED) is 0.130. The molecular weight excluding hydrogens is 794 g/mol. The molecule has 2 heterocycles. The number of aliphatic hydroxyl groups is 3. The van der Waals surface area contributed by atoms with E-state index in [1.807, 2.05) is 0 Å². The minimum atomic E-state index is -2.40. The van der Waals surface area contributed by atoms with E-state index in [1.54, 1.807) is 50.2 Å². The predicted octanol–water partition coefficient (Wildman–Crippen LogP) is 3.33. The van der Waals surface area contributed by atoms with E-state index >= 15 is 4.79 Å². The Morgan fingerprint density at radius 2 is 1.51 bits per heavy atom. The summed E-state index contributed by atoms with van der Waals surface area (Å²) in [5, 5.41) is 39.9. The summed E-state index contributed by atoms with van der Waals surface area (Å²) in [6.45, 7) is 7.90. The number of benzene rings is 2. The Morgan fingerprint density at radius 3 is 2.07 bits per heavy atom. The monoisotopic (exact) mass is 843 g/mol.